The third-order valence-corrected chi connectivity index (χ3v) is 8.24. The lowest BCUT2D eigenvalue weighted by Crippen LogP contribution is -2.52. The van der Waals surface area contributed by atoms with Gasteiger partial charge in [-0.1, -0.05) is 30.9 Å². The van der Waals surface area contributed by atoms with E-state index in [1.165, 1.54) is 6.42 Å². The first-order valence-electron chi connectivity index (χ1n) is 15.0. The van der Waals surface area contributed by atoms with Crippen molar-refractivity contribution in [1.82, 2.24) is 20.1 Å². The molecule has 1 amide bonds. The van der Waals surface area contributed by atoms with Crippen LogP contribution in [-0.4, -0.2) is 70.5 Å². The standard InChI is InChI=1S/C32H48N4O4/c1-22-12-13-26-24(20-22)21-25(29(38)33-26)27(28(37)23-10-8-7-9-11-23)34-32(5,6)14-15-35-16-18-36(19-17-35)30(39)40-31(2,3)4/h12-13,20-21,23,27,34H,7-11,14-19H2,1-6H3,(H,33,38). The largest absolute Gasteiger partial charge is 0.444 e. The fourth-order valence-corrected chi connectivity index (χ4v) is 5.86. The van der Waals surface area contributed by atoms with Crippen LogP contribution in [0.25, 0.3) is 10.9 Å². The smallest absolute Gasteiger partial charge is 0.410 e. The van der Waals surface area contributed by atoms with Gasteiger partial charge in [-0.2, -0.15) is 0 Å². The van der Waals surface area contributed by atoms with Gasteiger partial charge in [-0.25, -0.2) is 4.79 Å². The Morgan fingerprint density at radius 2 is 1.70 bits per heavy atom. The van der Waals surface area contributed by atoms with Gasteiger partial charge in [0, 0.05) is 55.3 Å². The van der Waals surface area contributed by atoms with Crippen LogP contribution >= 0.6 is 0 Å². The minimum atomic E-state index is -0.657. The first kappa shape index (κ1) is 30.3. The number of amides is 1. The molecule has 0 spiro atoms. The van der Waals surface area contributed by atoms with Crippen molar-refractivity contribution in [3.63, 3.8) is 0 Å². The number of piperazine rings is 1. The molecule has 8 heteroatoms. The van der Waals surface area contributed by atoms with Crippen LogP contribution in [0.5, 0.6) is 0 Å². The number of H-pyrrole nitrogens is 1. The van der Waals surface area contributed by atoms with Gasteiger partial charge in [0.25, 0.3) is 5.56 Å². The van der Waals surface area contributed by atoms with E-state index in [0.29, 0.717) is 18.7 Å². The van der Waals surface area contributed by atoms with Crippen molar-refractivity contribution < 1.29 is 14.3 Å². The van der Waals surface area contributed by atoms with Gasteiger partial charge >= 0.3 is 6.09 Å². The zero-order valence-corrected chi connectivity index (χ0v) is 25.3. The Kier molecular flexibility index (Phi) is 9.40. The number of benzene rings is 1. The molecule has 2 heterocycles. The van der Waals surface area contributed by atoms with Gasteiger partial charge in [-0.3, -0.25) is 19.8 Å². The van der Waals surface area contributed by atoms with Crippen molar-refractivity contribution in [2.75, 3.05) is 32.7 Å². The van der Waals surface area contributed by atoms with Gasteiger partial charge in [-0.05, 0) is 84.4 Å². The van der Waals surface area contributed by atoms with Gasteiger partial charge in [0.15, 0.2) is 5.78 Å². The van der Waals surface area contributed by atoms with Crippen molar-refractivity contribution in [3.8, 4) is 0 Å². The third kappa shape index (κ3) is 7.94. The number of aromatic amines is 1. The Hall–Kier alpha value is -2.71. The molecule has 4 rings (SSSR count). The van der Waals surface area contributed by atoms with E-state index in [1.54, 1.807) is 4.90 Å². The topological polar surface area (TPSA) is 94.7 Å². The summed E-state index contributed by atoms with van der Waals surface area (Å²) in [5.74, 6) is 0.117. The highest BCUT2D eigenvalue weighted by molar-refractivity contribution is 5.89. The summed E-state index contributed by atoms with van der Waals surface area (Å²) in [4.78, 5) is 46.9. The molecule has 8 nitrogen and oxygen atoms in total. The number of hydrogen-bond donors (Lipinski definition) is 2. The third-order valence-electron chi connectivity index (χ3n) is 8.24. The number of ketones is 1. The Morgan fingerprint density at radius 3 is 2.35 bits per heavy atom. The van der Waals surface area contributed by atoms with Crippen LogP contribution in [0.1, 0.15) is 90.3 Å². The maximum atomic E-state index is 14.0. The minimum Gasteiger partial charge on any atom is -0.444 e. The molecular weight excluding hydrogens is 504 g/mol. The summed E-state index contributed by atoms with van der Waals surface area (Å²) in [5, 5.41) is 4.58. The van der Waals surface area contributed by atoms with Crippen molar-refractivity contribution in [2.45, 2.75) is 97.2 Å². The molecule has 40 heavy (non-hydrogen) atoms. The number of nitrogens with one attached hydrogen (secondary N) is 2. The molecule has 0 radical (unpaired) electrons. The summed E-state index contributed by atoms with van der Waals surface area (Å²) in [5.41, 5.74) is 1.32. The van der Waals surface area contributed by atoms with E-state index in [9.17, 15) is 14.4 Å². The molecule has 1 aromatic carbocycles. The van der Waals surface area contributed by atoms with Crippen LogP contribution in [-0.2, 0) is 9.53 Å². The zero-order chi connectivity index (χ0) is 29.1. The van der Waals surface area contributed by atoms with Crippen molar-refractivity contribution >= 4 is 22.8 Å². The van der Waals surface area contributed by atoms with E-state index in [1.807, 2.05) is 45.9 Å². The van der Waals surface area contributed by atoms with Crippen LogP contribution in [0.4, 0.5) is 4.79 Å². The van der Waals surface area contributed by atoms with E-state index < -0.39 is 11.6 Å². The monoisotopic (exact) mass is 552 g/mol. The fraction of sp³-hybridized carbons (Fsp3) is 0.656. The second-order valence-electron chi connectivity index (χ2n) is 13.4. The van der Waals surface area contributed by atoms with E-state index in [-0.39, 0.29) is 28.9 Å². The number of pyridine rings is 1. The highest BCUT2D eigenvalue weighted by atomic mass is 16.6. The number of ether oxygens (including phenoxy) is 1. The van der Waals surface area contributed by atoms with Crippen LogP contribution in [0.3, 0.4) is 0 Å². The molecule has 1 aliphatic heterocycles. The molecule has 0 bridgehead atoms. The molecule has 2 N–H and O–H groups in total. The molecule has 1 aromatic heterocycles. The van der Waals surface area contributed by atoms with Gasteiger partial charge in [0.1, 0.15) is 5.60 Å². The molecule has 2 aliphatic rings. The van der Waals surface area contributed by atoms with Crippen molar-refractivity contribution in [1.29, 1.82) is 0 Å². The molecule has 2 fully saturated rings. The SMILES string of the molecule is Cc1ccc2[nH]c(=O)c(C(NC(C)(C)CCN3CCN(C(=O)OC(C)(C)C)CC3)C(=O)C3CCCCC3)cc2c1. The second kappa shape index (κ2) is 12.4. The van der Waals surface area contributed by atoms with E-state index in [2.05, 4.69) is 35.1 Å². The summed E-state index contributed by atoms with van der Waals surface area (Å²) < 4.78 is 5.53. The summed E-state index contributed by atoms with van der Waals surface area (Å²) in [6.07, 6.45) is 5.63. The van der Waals surface area contributed by atoms with E-state index in [0.717, 1.165) is 68.2 Å². The summed E-state index contributed by atoms with van der Waals surface area (Å²) in [6, 6.07) is 7.21. The number of rotatable bonds is 8. The van der Waals surface area contributed by atoms with Crippen LogP contribution in [0, 0.1) is 12.8 Å². The lowest BCUT2D eigenvalue weighted by Gasteiger charge is -2.38. The molecule has 1 saturated heterocycles. The highest BCUT2D eigenvalue weighted by Gasteiger charge is 2.35. The first-order chi connectivity index (χ1) is 18.8. The summed E-state index contributed by atoms with van der Waals surface area (Å²) >= 11 is 0. The highest BCUT2D eigenvalue weighted by Crippen LogP contribution is 2.31. The molecule has 2 aromatic rings. The average molecular weight is 553 g/mol. The normalized spacial score (nSPS) is 18.6. The number of carbonyl (C=O) groups excluding carboxylic acids is 2. The van der Waals surface area contributed by atoms with Crippen LogP contribution < -0.4 is 10.9 Å². The molecule has 1 atom stereocenters. The summed E-state index contributed by atoms with van der Waals surface area (Å²) in [6.45, 7) is 15.6. The van der Waals surface area contributed by atoms with Crippen LogP contribution in [0.2, 0.25) is 0 Å². The minimum absolute atomic E-state index is 0.0180. The molecule has 1 unspecified atom stereocenters. The van der Waals surface area contributed by atoms with Gasteiger partial charge < -0.3 is 14.6 Å². The Labute approximate surface area is 238 Å². The number of Topliss-reactive ketones (excluding diaryl/α,β-unsaturated/α-hetero) is 1. The summed E-state index contributed by atoms with van der Waals surface area (Å²) in [7, 11) is 0. The fourth-order valence-electron chi connectivity index (χ4n) is 5.86. The quantitative estimate of drug-likeness (QED) is 0.459. The van der Waals surface area contributed by atoms with E-state index >= 15 is 0 Å². The van der Waals surface area contributed by atoms with Crippen molar-refractivity contribution in [2.24, 2.45) is 5.92 Å². The van der Waals surface area contributed by atoms with Crippen molar-refractivity contribution in [3.05, 3.63) is 45.7 Å². The van der Waals surface area contributed by atoms with Gasteiger partial charge in [-0.15, -0.1) is 0 Å². The molecule has 1 aliphatic carbocycles. The maximum absolute atomic E-state index is 14.0. The van der Waals surface area contributed by atoms with Crippen LogP contribution in [0.15, 0.2) is 29.1 Å². The predicted octanol–water partition coefficient (Wildman–Crippen LogP) is 5.34. The number of aryl methyl sites for hydroxylation is 1. The van der Waals surface area contributed by atoms with Gasteiger partial charge in [0.05, 0.1) is 6.04 Å². The Balaban J connectivity index is 1.46. The first-order valence-corrected chi connectivity index (χ1v) is 15.0. The Morgan fingerprint density at radius 1 is 1.02 bits per heavy atom. The maximum Gasteiger partial charge on any atom is 0.410 e. The lowest BCUT2D eigenvalue weighted by molar-refractivity contribution is -0.126. The number of nitrogens with zero attached hydrogens (tertiary/aromatic N) is 2. The molecular formula is C32H48N4O4. The zero-order valence-electron chi connectivity index (χ0n) is 25.3. The molecule has 220 valence electrons. The number of fused-ring (bicyclic) bond motifs is 1. The predicted molar refractivity (Wildman–Crippen MR) is 160 cm³/mol. The Bertz CT molecular complexity index is 1250. The number of hydrogen-bond acceptors (Lipinski definition) is 6. The number of carbonyl (C=O) groups is 2. The number of aromatic nitrogens is 1. The molecule has 1 saturated carbocycles. The van der Waals surface area contributed by atoms with E-state index in [4.69, 9.17) is 4.74 Å². The lowest BCUT2D eigenvalue weighted by atomic mass is 9.81. The second-order valence-corrected chi connectivity index (χ2v) is 13.4. The average Bonchev–Trinajstić information content (AvgIpc) is 2.90. The van der Waals surface area contributed by atoms with Gasteiger partial charge in [0.2, 0.25) is 0 Å².